The lowest BCUT2D eigenvalue weighted by Crippen LogP contribution is -2.15. The Balaban J connectivity index is 1.36. The van der Waals surface area contributed by atoms with E-state index < -0.39 is 17.6 Å². The van der Waals surface area contributed by atoms with Crippen LogP contribution in [0.2, 0.25) is 0 Å². The Morgan fingerprint density at radius 1 is 0.970 bits per heavy atom. The minimum absolute atomic E-state index is 0.000987. The van der Waals surface area contributed by atoms with E-state index in [1.54, 1.807) is 41.6 Å². The molecule has 0 fully saturated rings. The Labute approximate surface area is 186 Å². The van der Waals surface area contributed by atoms with Crippen molar-refractivity contribution in [1.82, 2.24) is 24.7 Å². The van der Waals surface area contributed by atoms with Crippen molar-refractivity contribution >= 4 is 23.2 Å². The van der Waals surface area contributed by atoms with Crippen LogP contribution in [0.4, 0.5) is 30.5 Å². The van der Waals surface area contributed by atoms with Gasteiger partial charge in [0.1, 0.15) is 0 Å². The van der Waals surface area contributed by atoms with E-state index in [1.165, 1.54) is 6.20 Å². The van der Waals surface area contributed by atoms with Crippen LogP contribution in [0.5, 0.6) is 0 Å². The molecule has 0 saturated carbocycles. The summed E-state index contributed by atoms with van der Waals surface area (Å²) in [5.41, 5.74) is 2.19. The van der Waals surface area contributed by atoms with Gasteiger partial charge in [-0.25, -0.2) is 9.97 Å². The topological polar surface area (TPSA) is 97.6 Å². The number of anilines is 3. The van der Waals surface area contributed by atoms with Crippen LogP contribution in [0.15, 0.2) is 67.5 Å². The molecule has 0 aliphatic carbocycles. The van der Waals surface area contributed by atoms with Crippen LogP contribution < -0.4 is 10.6 Å². The second-order valence-corrected chi connectivity index (χ2v) is 7.20. The average Bonchev–Trinajstić information content (AvgIpc) is 3.19. The van der Waals surface area contributed by atoms with Crippen molar-refractivity contribution in [3.05, 3.63) is 78.6 Å². The molecule has 0 saturated heterocycles. The normalized spacial score (nSPS) is 11.3. The zero-order valence-corrected chi connectivity index (χ0v) is 17.3. The fourth-order valence-electron chi connectivity index (χ4n) is 3.03. The Morgan fingerprint density at radius 3 is 2.33 bits per heavy atom. The molecule has 1 amide bonds. The van der Waals surface area contributed by atoms with E-state index in [4.69, 9.17) is 0 Å². The number of hydrogen-bond donors (Lipinski definition) is 2. The first-order valence-electron chi connectivity index (χ1n) is 9.75. The number of nitrogens with zero attached hydrogens (tertiary/aromatic N) is 5. The van der Waals surface area contributed by atoms with Gasteiger partial charge in [-0.05, 0) is 17.2 Å². The van der Waals surface area contributed by atoms with Gasteiger partial charge in [-0.1, -0.05) is 24.3 Å². The number of nitrogens with one attached hydrogen (secondary N) is 2. The van der Waals surface area contributed by atoms with Gasteiger partial charge in [0.2, 0.25) is 11.9 Å². The van der Waals surface area contributed by atoms with Gasteiger partial charge in [0.05, 0.1) is 35.8 Å². The summed E-state index contributed by atoms with van der Waals surface area (Å²) in [4.78, 5) is 24.3. The van der Waals surface area contributed by atoms with E-state index in [0.29, 0.717) is 17.7 Å². The summed E-state index contributed by atoms with van der Waals surface area (Å²) in [7, 11) is 1.81. The molecule has 0 aliphatic rings. The largest absolute Gasteiger partial charge is 0.417 e. The molecular formula is C22H18F3N7O. The van der Waals surface area contributed by atoms with Crippen LogP contribution in [0.25, 0.3) is 11.1 Å². The maximum Gasteiger partial charge on any atom is 0.417 e. The molecule has 0 spiro atoms. The average molecular weight is 453 g/mol. The highest BCUT2D eigenvalue weighted by Crippen LogP contribution is 2.30. The monoisotopic (exact) mass is 453 g/mol. The maximum atomic E-state index is 12.8. The number of rotatable bonds is 6. The highest BCUT2D eigenvalue weighted by Gasteiger charge is 2.31. The van der Waals surface area contributed by atoms with Crippen LogP contribution in [0, 0.1) is 0 Å². The van der Waals surface area contributed by atoms with Gasteiger partial charge in [0.15, 0.2) is 0 Å². The van der Waals surface area contributed by atoms with Crippen LogP contribution in [0.1, 0.15) is 11.1 Å². The molecule has 3 aromatic heterocycles. The Bertz CT molecular complexity index is 1250. The van der Waals surface area contributed by atoms with Crippen LogP contribution in [-0.4, -0.2) is 30.6 Å². The van der Waals surface area contributed by atoms with E-state index in [1.807, 2.05) is 19.2 Å². The quantitative estimate of drug-likeness (QED) is 0.454. The Morgan fingerprint density at radius 2 is 1.70 bits per heavy atom. The third kappa shape index (κ3) is 5.70. The Kier molecular flexibility index (Phi) is 6.03. The summed E-state index contributed by atoms with van der Waals surface area (Å²) in [6.07, 6.45) is 4.16. The number of alkyl halides is 3. The van der Waals surface area contributed by atoms with Crippen molar-refractivity contribution in [1.29, 1.82) is 0 Å². The zero-order chi connectivity index (χ0) is 23.4. The summed E-state index contributed by atoms with van der Waals surface area (Å²) in [5.74, 6) is -0.0119. The molecular weight excluding hydrogens is 435 g/mol. The molecule has 3 heterocycles. The molecule has 0 radical (unpaired) electrons. The van der Waals surface area contributed by atoms with E-state index >= 15 is 0 Å². The number of carbonyl (C=O) groups excluding carboxylic acids is 1. The minimum atomic E-state index is -4.53. The number of halogens is 3. The van der Waals surface area contributed by atoms with Crippen molar-refractivity contribution < 1.29 is 18.0 Å². The number of benzene rings is 1. The lowest BCUT2D eigenvalue weighted by molar-refractivity contribution is -0.137. The molecule has 0 aliphatic heterocycles. The summed E-state index contributed by atoms with van der Waals surface area (Å²) in [6, 6.07) is 8.02. The van der Waals surface area contributed by atoms with Gasteiger partial charge in [0.25, 0.3) is 0 Å². The zero-order valence-electron chi connectivity index (χ0n) is 17.3. The lowest BCUT2D eigenvalue weighted by Gasteiger charge is -2.09. The van der Waals surface area contributed by atoms with Gasteiger partial charge in [0, 0.05) is 37.4 Å². The molecule has 4 rings (SSSR count). The van der Waals surface area contributed by atoms with Gasteiger partial charge in [-0.3, -0.25) is 14.5 Å². The molecule has 8 nitrogen and oxygen atoms in total. The predicted molar refractivity (Wildman–Crippen MR) is 116 cm³/mol. The molecule has 33 heavy (non-hydrogen) atoms. The van der Waals surface area contributed by atoms with E-state index in [9.17, 15) is 18.0 Å². The van der Waals surface area contributed by atoms with Crippen molar-refractivity contribution in [2.75, 3.05) is 10.6 Å². The first-order chi connectivity index (χ1) is 15.8. The summed E-state index contributed by atoms with van der Waals surface area (Å²) < 4.78 is 40.0. The Hall–Kier alpha value is -4.28. The SMILES string of the molecule is Cn1cc(Nc2ncc(-c3ccc(CC(=O)Nc4cncc(C(F)(F)F)c4)cc3)cn2)cn1. The smallest absolute Gasteiger partial charge is 0.324 e. The highest BCUT2D eigenvalue weighted by molar-refractivity contribution is 5.92. The predicted octanol–water partition coefficient (Wildman–Crippen LogP) is 4.22. The number of amides is 1. The van der Waals surface area contributed by atoms with Crippen LogP contribution >= 0.6 is 0 Å². The third-order valence-corrected chi connectivity index (χ3v) is 4.61. The van der Waals surface area contributed by atoms with Gasteiger partial charge in [-0.2, -0.15) is 18.3 Å². The molecule has 11 heteroatoms. The molecule has 1 aromatic carbocycles. The number of hydrogen-bond acceptors (Lipinski definition) is 6. The molecule has 0 bridgehead atoms. The first kappa shape index (κ1) is 21.9. The van der Waals surface area contributed by atoms with Crippen molar-refractivity contribution in [2.45, 2.75) is 12.6 Å². The van der Waals surface area contributed by atoms with Crippen molar-refractivity contribution in [3.63, 3.8) is 0 Å². The number of carbonyl (C=O) groups is 1. The van der Waals surface area contributed by atoms with Gasteiger partial charge in [-0.15, -0.1) is 0 Å². The summed E-state index contributed by atoms with van der Waals surface area (Å²) >= 11 is 0. The molecule has 4 aromatic rings. The number of aryl methyl sites for hydroxylation is 1. The third-order valence-electron chi connectivity index (χ3n) is 4.61. The molecule has 168 valence electrons. The number of pyridine rings is 1. The standard InChI is InChI=1S/C22H18F3N7O/c1-32-13-19(12-29-32)31-21-27-8-16(9-28-21)15-4-2-14(3-5-15)6-20(33)30-18-7-17(10-26-11-18)22(23,24)25/h2-5,7-13H,6H2,1H3,(H,30,33)(H,27,28,31). The molecule has 0 atom stereocenters. The lowest BCUT2D eigenvalue weighted by atomic mass is 10.0. The van der Waals surface area contributed by atoms with E-state index in [-0.39, 0.29) is 12.1 Å². The number of aromatic nitrogens is 5. The minimum Gasteiger partial charge on any atom is -0.324 e. The van der Waals surface area contributed by atoms with E-state index in [0.717, 1.165) is 22.9 Å². The molecule has 0 unspecified atom stereocenters. The first-order valence-corrected chi connectivity index (χ1v) is 9.75. The van der Waals surface area contributed by atoms with Crippen molar-refractivity contribution in [2.24, 2.45) is 7.05 Å². The second kappa shape index (κ2) is 9.07. The fraction of sp³-hybridized carbons (Fsp3) is 0.136. The van der Waals surface area contributed by atoms with Crippen molar-refractivity contribution in [3.8, 4) is 11.1 Å². The van der Waals surface area contributed by atoms with E-state index in [2.05, 4.69) is 30.7 Å². The van der Waals surface area contributed by atoms with Crippen LogP contribution in [-0.2, 0) is 24.4 Å². The maximum absolute atomic E-state index is 12.8. The van der Waals surface area contributed by atoms with Gasteiger partial charge >= 0.3 is 6.18 Å². The summed E-state index contributed by atoms with van der Waals surface area (Å²) in [6.45, 7) is 0. The highest BCUT2D eigenvalue weighted by atomic mass is 19.4. The van der Waals surface area contributed by atoms with Gasteiger partial charge < -0.3 is 10.6 Å². The van der Waals surface area contributed by atoms with Crippen LogP contribution in [0.3, 0.4) is 0 Å². The second-order valence-electron chi connectivity index (χ2n) is 7.20. The molecule has 2 N–H and O–H groups in total. The fourth-order valence-corrected chi connectivity index (χ4v) is 3.03. The summed E-state index contributed by atoms with van der Waals surface area (Å²) in [5, 5.41) is 9.56.